The van der Waals surface area contributed by atoms with Crippen molar-refractivity contribution >= 4 is 11.4 Å². The molecular formula is C12H22N3+. The molecule has 0 aliphatic carbocycles. The Hall–Kier alpha value is -1.22. The fraction of sp³-hybridized carbons (Fsp3) is 0.500. The maximum Gasteiger partial charge on any atom is 0.104 e. The Morgan fingerprint density at radius 1 is 1.07 bits per heavy atom. The lowest BCUT2D eigenvalue weighted by Gasteiger charge is -2.32. The zero-order valence-electron chi connectivity index (χ0n) is 9.96. The molecule has 0 saturated heterocycles. The average molecular weight is 208 g/mol. The molecule has 0 unspecified atom stereocenters. The largest absolute Gasteiger partial charge is 0.397 e. The van der Waals surface area contributed by atoms with Gasteiger partial charge < -0.3 is 16.0 Å². The minimum absolute atomic E-state index is 0.668. The van der Waals surface area contributed by atoms with Gasteiger partial charge in [-0.25, -0.2) is 0 Å². The summed E-state index contributed by atoms with van der Waals surface area (Å²) in [5.74, 6) is 0. The van der Waals surface area contributed by atoms with Crippen molar-refractivity contribution in [2.24, 2.45) is 0 Å². The Labute approximate surface area is 92.3 Å². The molecule has 0 aliphatic heterocycles. The van der Waals surface area contributed by atoms with E-state index in [1.165, 1.54) is 5.56 Å². The third-order valence-electron chi connectivity index (χ3n) is 3.24. The van der Waals surface area contributed by atoms with Gasteiger partial charge in [-0.1, -0.05) is 6.07 Å². The summed E-state index contributed by atoms with van der Waals surface area (Å²) in [5.41, 5.74) is 14.1. The van der Waals surface area contributed by atoms with E-state index < -0.39 is 0 Å². The highest BCUT2D eigenvalue weighted by Gasteiger charge is 2.17. The van der Waals surface area contributed by atoms with E-state index >= 15 is 0 Å². The number of nitrogens with two attached hydrogens (primary N) is 2. The summed E-state index contributed by atoms with van der Waals surface area (Å²) in [7, 11) is 2.26. The Balaban J connectivity index is 2.85. The molecule has 4 N–H and O–H groups in total. The molecule has 1 aromatic rings. The van der Waals surface area contributed by atoms with E-state index in [-0.39, 0.29) is 0 Å². The fourth-order valence-corrected chi connectivity index (χ4v) is 1.61. The van der Waals surface area contributed by atoms with E-state index in [1.807, 2.05) is 12.1 Å². The molecule has 0 atom stereocenters. The summed E-state index contributed by atoms with van der Waals surface area (Å²) < 4.78 is 1.03. The van der Waals surface area contributed by atoms with Crippen LogP contribution in [0.4, 0.5) is 11.4 Å². The van der Waals surface area contributed by atoms with E-state index in [9.17, 15) is 0 Å². The van der Waals surface area contributed by atoms with Crippen LogP contribution in [0.3, 0.4) is 0 Å². The van der Waals surface area contributed by atoms with Crippen molar-refractivity contribution in [3.05, 3.63) is 23.8 Å². The Morgan fingerprint density at radius 3 is 2.13 bits per heavy atom. The van der Waals surface area contributed by atoms with Gasteiger partial charge in [0.1, 0.15) is 6.54 Å². The number of hydrogen-bond acceptors (Lipinski definition) is 2. The van der Waals surface area contributed by atoms with Crippen LogP contribution in [0.2, 0.25) is 0 Å². The van der Waals surface area contributed by atoms with Crippen molar-refractivity contribution in [1.29, 1.82) is 0 Å². The Kier molecular flexibility index (Phi) is 3.58. The first-order valence-corrected chi connectivity index (χ1v) is 5.48. The highest BCUT2D eigenvalue weighted by molar-refractivity contribution is 5.63. The SMILES string of the molecule is CC[N+](C)(CC)Cc1ccc(N)c(N)c1. The van der Waals surface area contributed by atoms with Crippen LogP contribution in [0.25, 0.3) is 0 Å². The maximum atomic E-state index is 5.79. The van der Waals surface area contributed by atoms with Crippen LogP contribution in [-0.4, -0.2) is 24.6 Å². The quantitative estimate of drug-likeness (QED) is 0.586. The van der Waals surface area contributed by atoms with Crippen molar-refractivity contribution in [3.63, 3.8) is 0 Å². The molecule has 3 nitrogen and oxygen atoms in total. The van der Waals surface area contributed by atoms with Crippen LogP contribution in [-0.2, 0) is 6.54 Å². The van der Waals surface area contributed by atoms with Crippen LogP contribution >= 0.6 is 0 Å². The molecule has 0 fully saturated rings. The van der Waals surface area contributed by atoms with Gasteiger partial charge in [0.2, 0.25) is 0 Å². The summed E-state index contributed by atoms with van der Waals surface area (Å²) in [5, 5.41) is 0. The second-order valence-electron chi connectivity index (χ2n) is 4.37. The average Bonchev–Trinajstić information content (AvgIpc) is 2.23. The molecule has 3 heteroatoms. The van der Waals surface area contributed by atoms with E-state index in [0.29, 0.717) is 11.4 Å². The second kappa shape index (κ2) is 4.53. The van der Waals surface area contributed by atoms with Crippen molar-refractivity contribution in [3.8, 4) is 0 Å². The molecule has 15 heavy (non-hydrogen) atoms. The molecule has 0 spiro atoms. The van der Waals surface area contributed by atoms with Crippen LogP contribution < -0.4 is 11.5 Å². The summed E-state index contributed by atoms with van der Waals surface area (Å²) >= 11 is 0. The first-order valence-electron chi connectivity index (χ1n) is 5.48. The molecule has 0 aliphatic rings. The number of rotatable bonds is 4. The molecule has 0 radical (unpaired) electrons. The van der Waals surface area contributed by atoms with Crippen LogP contribution in [0.5, 0.6) is 0 Å². The smallest absolute Gasteiger partial charge is 0.104 e. The first-order chi connectivity index (χ1) is 7.00. The van der Waals surface area contributed by atoms with E-state index in [0.717, 1.165) is 24.1 Å². The number of nitrogen functional groups attached to an aromatic ring is 2. The topological polar surface area (TPSA) is 52.0 Å². The van der Waals surface area contributed by atoms with Gasteiger partial charge in [0.25, 0.3) is 0 Å². The fourth-order valence-electron chi connectivity index (χ4n) is 1.61. The summed E-state index contributed by atoms with van der Waals surface area (Å²) in [4.78, 5) is 0. The van der Waals surface area contributed by atoms with E-state index in [2.05, 4.69) is 27.0 Å². The standard InChI is InChI=1S/C12H22N3/c1-4-15(3,5-2)9-10-6-7-11(13)12(14)8-10/h6-8H,4-5,9,13-14H2,1-3H3/q+1. The summed E-state index contributed by atoms with van der Waals surface area (Å²) in [6.45, 7) is 7.69. The van der Waals surface area contributed by atoms with Crippen LogP contribution in [0.1, 0.15) is 19.4 Å². The van der Waals surface area contributed by atoms with Crippen LogP contribution in [0, 0.1) is 0 Å². The van der Waals surface area contributed by atoms with E-state index in [4.69, 9.17) is 11.5 Å². The minimum atomic E-state index is 0.668. The predicted octanol–water partition coefficient (Wildman–Crippen LogP) is 1.84. The van der Waals surface area contributed by atoms with Crippen molar-refractivity contribution in [1.82, 2.24) is 0 Å². The predicted molar refractivity (Wildman–Crippen MR) is 66.2 cm³/mol. The lowest BCUT2D eigenvalue weighted by Crippen LogP contribution is -2.42. The molecule has 0 heterocycles. The minimum Gasteiger partial charge on any atom is -0.397 e. The van der Waals surface area contributed by atoms with Gasteiger partial charge >= 0.3 is 0 Å². The Bertz CT molecular complexity index is 330. The number of benzene rings is 1. The molecule has 0 saturated carbocycles. The normalized spacial score (nSPS) is 11.7. The van der Waals surface area contributed by atoms with Gasteiger partial charge in [-0.2, -0.15) is 0 Å². The number of anilines is 2. The van der Waals surface area contributed by atoms with Crippen molar-refractivity contribution < 1.29 is 4.48 Å². The second-order valence-corrected chi connectivity index (χ2v) is 4.37. The molecule has 0 amide bonds. The maximum absolute atomic E-state index is 5.79. The number of nitrogens with zero attached hydrogens (tertiary/aromatic N) is 1. The molecular weight excluding hydrogens is 186 g/mol. The lowest BCUT2D eigenvalue weighted by molar-refractivity contribution is -0.919. The first kappa shape index (κ1) is 11.9. The zero-order chi connectivity index (χ0) is 11.5. The van der Waals surface area contributed by atoms with Gasteiger partial charge in [-0.15, -0.1) is 0 Å². The number of hydrogen-bond donors (Lipinski definition) is 2. The lowest BCUT2D eigenvalue weighted by atomic mass is 10.1. The van der Waals surface area contributed by atoms with Gasteiger partial charge in [0.05, 0.1) is 31.5 Å². The molecule has 84 valence electrons. The van der Waals surface area contributed by atoms with Gasteiger partial charge in [-0.3, -0.25) is 0 Å². The highest BCUT2D eigenvalue weighted by atomic mass is 15.3. The Morgan fingerprint density at radius 2 is 1.67 bits per heavy atom. The van der Waals surface area contributed by atoms with Crippen LogP contribution in [0.15, 0.2) is 18.2 Å². The van der Waals surface area contributed by atoms with Crippen molar-refractivity contribution in [2.45, 2.75) is 20.4 Å². The van der Waals surface area contributed by atoms with Crippen molar-refractivity contribution in [2.75, 3.05) is 31.6 Å². The van der Waals surface area contributed by atoms with Gasteiger partial charge in [0, 0.05) is 5.56 Å². The zero-order valence-corrected chi connectivity index (χ0v) is 9.96. The molecule has 0 aromatic heterocycles. The third kappa shape index (κ3) is 2.86. The number of quaternary nitrogens is 1. The molecule has 1 rings (SSSR count). The van der Waals surface area contributed by atoms with E-state index in [1.54, 1.807) is 0 Å². The molecule has 0 bridgehead atoms. The molecule has 1 aromatic carbocycles. The highest BCUT2D eigenvalue weighted by Crippen LogP contribution is 2.19. The third-order valence-corrected chi connectivity index (χ3v) is 3.24. The van der Waals surface area contributed by atoms with Gasteiger partial charge in [-0.05, 0) is 26.0 Å². The van der Waals surface area contributed by atoms with Gasteiger partial charge in [0.15, 0.2) is 0 Å². The monoisotopic (exact) mass is 208 g/mol. The summed E-state index contributed by atoms with van der Waals surface area (Å²) in [6.07, 6.45) is 0. The summed E-state index contributed by atoms with van der Waals surface area (Å²) in [6, 6.07) is 5.94.